The Labute approximate surface area is 178 Å². The summed E-state index contributed by atoms with van der Waals surface area (Å²) in [5.41, 5.74) is 0.0260. The van der Waals surface area contributed by atoms with E-state index in [9.17, 15) is 18.0 Å². The number of likely N-dealkylation sites (N-methyl/N-ethyl adjacent to an activating group) is 2. The second-order valence-electron chi connectivity index (χ2n) is 7.91. The van der Waals surface area contributed by atoms with Crippen molar-refractivity contribution in [2.45, 2.75) is 32.0 Å². The maximum atomic E-state index is 12.6. The lowest BCUT2D eigenvalue weighted by Crippen LogP contribution is -2.45. The van der Waals surface area contributed by atoms with Crippen molar-refractivity contribution in [3.05, 3.63) is 36.0 Å². The molecule has 1 aliphatic heterocycles. The number of carbonyl (C=O) groups is 1. The van der Waals surface area contributed by atoms with E-state index in [-0.39, 0.29) is 18.5 Å². The fourth-order valence-electron chi connectivity index (χ4n) is 3.88. The molecular formula is C21H24F3N5O2. The molecule has 2 aromatic rings. The first-order chi connectivity index (χ1) is 14.7. The Hall–Kier alpha value is -3.04. The molecule has 1 fully saturated rings. The van der Waals surface area contributed by atoms with Crippen LogP contribution in [0.25, 0.3) is 0 Å². The first kappa shape index (κ1) is 21.2. The summed E-state index contributed by atoms with van der Waals surface area (Å²) in [5, 5.41) is 3.31. The summed E-state index contributed by atoms with van der Waals surface area (Å²) < 4.78 is 43.5. The predicted molar refractivity (Wildman–Crippen MR) is 110 cm³/mol. The molecule has 166 valence electrons. The first-order valence-electron chi connectivity index (χ1n) is 10.2. The van der Waals surface area contributed by atoms with E-state index in [4.69, 9.17) is 4.74 Å². The average Bonchev–Trinajstić information content (AvgIpc) is 2.70. The third kappa shape index (κ3) is 4.52. The van der Waals surface area contributed by atoms with Crippen LogP contribution in [0.1, 0.15) is 25.3 Å². The minimum Gasteiger partial charge on any atom is -0.493 e. The zero-order valence-corrected chi connectivity index (χ0v) is 17.3. The predicted octanol–water partition coefficient (Wildman–Crippen LogP) is 3.57. The second-order valence-corrected chi connectivity index (χ2v) is 7.91. The number of nitrogens with zero attached hydrogens (tertiary/aromatic N) is 4. The number of nitrogens with one attached hydrogen (secondary N) is 1. The summed E-state index contributed by atoms with van der Waals surface area (Å²) in [6, 6.07) is 4.95. The molecule has 4 rings (SSSR count). The zero-order valence-electron chi connectivity index (χ0n) is 17.3. The van der Waals surface area contributed by atoms with E-state index >= 15 is 0 Å². The summed E-state index contributed by atoms with van der Waals surface area (Å²) in [5.74, 6) is 2.01. The molecule has 10 heteroatoms. The quantitative estimate of drug-likeness (QED) is 0.748. The Morgan fingerprint density at radius 1 is 1.23 bits per heavy atom. The van der Waals surface area contributed by atoms with Gasteiger partial charge in [-0.15, -0.1) is 0 Å². The number of alkyl halides is 3. The molecule has 1 N–H and O–H groups in total. The first-order valence-corrected chi connectivity index (χ1v) is 10.2. The van der Waals surface area contributed by atoms with E-state index in [2.05, 4.69) is 15.3 Å². The lowest BCUT2D eigenvalue weighted by Gasteiger charge is -2.36. The van der Waals surface area contributed by atoms with Crippen LogP contribution in [0.5, 0.6) is 5.75 Å². The largest absolute Gasteiger partial charge is 0.493 e. The van der Waals surface area contributed by atoms with Crippen molar-refractivity contribution >= 4 is 23.4 Å². The van der Waals surface area contributed by atoms with Crippen LogP contribution in [0.15, 0.2) is 30.5 Å². The normalized spacial score (nSPS) is 20.9. The van der Waals surface area contributed by atoms with Gasteiger partial charge in [0, 0.05) is 19.6 Å². The topological polar surface area (TPSA) is 70.6 Å². The number of aromatic nitrogens is 2. The van der Waals surface area contributed by atoms with Gasteiger partial charge < -0.3 is 19.9 Å². The number of hydrogen-bond donors (Lipinski definition) is 1. The van der Waals surface area contributed by atoms with Gasteiger partial charge in [-0.1, -0.05) is 0 Å². The van der Waals surface area contributed by atoms with Gasteiger partial charge in [-0.3, -0.25) is 4.79 Å². The monoisotopic (exact) mass is 435 g/mol. The Bertz CT molecular complexity index is 945. The molecular weight excluding hydrogens is 411 g/mol. The van der Waals surface area contributed by atoms with Gasteiger partial charge >= 0.3 is 6.18 Å². The number of rotatable bonds is 6. The van der Waals surface area contributed by atoms with Gasteiger partial charge in [0.25, 0.3) is 0 Å². The number of ether oxygens (including phenoxy) is 1. The van der Waals surface area contributed by atoms with Gasteiger partial charge in [-0.25, -0.2) is 4.98 Å². The number of benzene rings is 1. The van der Waals surface area contributed by atoms with Crippen LogP contribution >= 0.6 is 0 Å². The van der Waals surface area contributed by atoms with Gasteiger partial charge in [0.2, 0.25) is 11.9 Å². The van der Waals surface area contributed by atoms with Crippen molar-refractivity contribution in [1.82, 2.24) is 9.97 Å². The molecule has 1 amide bonds. The highest BCUT2D eigenvalue weighted by atomic mass is 19.4. The van der Waals surface area contributed by atoms with Crippen LogP contribution in [0.3, 0.4) is 0 Å². The molecule has 1 saturated carbocycles. The number of halogens is 3. The van der Waals surface area contributed by atoms with Crippen LogP contribution in [-0.4, -0.2) is 48.7 Å². The number of anilines is 3. The fraction of sp³-hybridized carbons (Fsp3) is 0.476. The van der Waals surface area contributed by atoms with Crippen LogP contribution in [0.4, 0.5) is 30.6 Å². The van der Waals surface area contributed by atoms with Crippen LogP contribution in [-0.2, 0) is 11.0 Å². The summed E-state index contributed by atoms with van der Waals surface area (Å²) in [6.45, 7) is 3.22. The third-order valence-corrected chi connectivity index (χ3v) is 5.63. The lowest BCUT2D eigenvalue weighted by atomic mass is 9.81. The van der Waals surface area contributed by atoms with Crippen LogP contribution < -0.4 is 19.9 Å². The van der Waals surface area contributed by atoms with Gasteiger partial charge in [0.05, 0.1) is 24.9 Å². The Morgan fingerprint density at radius 2 is 1.94 bits per heavy atom. The van der Waals surface area contributed by atoms with E-state index in [0.717, 1.165) is 30.8 Å². The minimum absolute atomic E-state index is 0.0247. The van der Waals surface area contributed by atoms with Crippen LogP contribution in [0, 0.1) is 5.92 Å². The van der Waals surface area contributed by atoms with Crippen molar-refractivity contribution in [2.75, 3.05) is 41.9 Å². The molecule has 31 heavy (non-hydrogen) atoms. The van der Waals surface area contributed by atoms with Crippen LogP contribution in [0.2, 0.25) is 0 Å². The third-order valence-electron chi connectivity index (χ3n) is 5.63. The minimum atomic E-state index is -4.34. The van der Waals surface area contributed by atoms with E-state index in [1.165, 1.54) is 12.1 Å². The molecule has 0 saturated heterocycles. The number of fused-ring (bicyclic) bond motifs is 1. The lowest BCUT2D eigenvalue weighted by molar-refractivity contribution is -0.137. The van der Waals surface area contributed by atoms with E-state index < -0.39 is 11.7 Å². The number of carbonyl (C=O) groups excluding carboxylic acids is 1. The highest BCUT2D eigenvalue weighted by molar-refractivity contribution is 6.02. The smallest absolute Gasteiger partial charge is 0.416 e. The maximum Gasteiger partial charge on any atom is 0.416 e. The highest BCUT2D eigenvalue weighted by Gasteiger charge is 2.33. The van der Waals surface area contributed by atoms with E-state index in [0.29, 0.717) is 36.5 Å². The molecule has 0 bridgehead atoms. The van der Waals surface area contributed by atoms with Gasteiger partial charge in [-0.2, -0.15) is 18.2 Å². The maximum absolute atomic E-state index is 12.6. The van der Waals surface area contributed by atoms with Gasteiger partial charge in [-0.05, 0) is 49.9 Å². The molecule has 0 unspecified atom stereocenters. The van der Waals surface area contributed by atoms with E-state index in [1.807, 2.05) is 18.9 Å². The summed E-state index contributed by atoms with van der Waals surface area (Å²) in [6.07, 6.45) is -0.956. The molecule has 0 spiro atoms. The summed E-state index contributed by atoms with van der Waals surface area (Å²) in [4.78, 5) is 24.6. The van der Waals surface area contributed by atoms with Crippen molar-refractivity contribution in [3.8, 4) is 5.75 Å². The number of amides is 1. The van der Waals surface area contributed by atoms with E-state index in [1.54, 1.807) is 11.1 Å². The van der Waals surface area contributed by atoms with Crippen molar-refractivity contribution in [1.29, 1.82) is 0 Å². The van der Waals surface area contributed by atoms with Gasteiger partial charge in [0.1, 0.15) is 11.4 Å². The molecule has 0 radical (unpaired) electrons. The molecule has 7 nitrogen and oxygen atoms in total. The fourth-order valence-corrected chi connectivity index (χ4v) is 3.88. The van der Waals surface area contributed by atoms with Crippen molar-refractivity contribution in [3.63, 3.8) is 0 Å². The second kappa shape index (κ2) is 8.24. The Balaban J connectivity index is 1.28. The number of hydrogen-bond acceptors (Lipinski definition) is 6. The molecule has 1 aromatic heterocycles. The molecule has 2 aliphatic rings. The van der Waals surface area contributed by atoms with Crippen molar-refractivity contribution < 1.29 is 22.7 Å². The Kier molecular flexibility index (Phi) is 5.63. The molecule has 1 aliphatic carbocycles. The average molecular weight is 435 g/mol. The van der Waals surface area contributed by atoms with Crippen molar-refractivity contribution in [2.24, 2.45) is 5.92 Å². The highest BCUT2D eigenvalue weighted by Crippen LogP contribution is 2.34. The Morgan fingerprint density at radius 3 is 2.58 bits per heavy atom. The standard InChI is InChI=1S/C21H24F3N5O2/c1-3-29-17-10-25-20(27-19(17)28(2)11-18(29)30)26-15-8-13(9-15)12-31-16-6-4-14(5-7-16)21(22,23)24/h4-7,10,13,15H,3,8-9,11-12H2,1-2H3,(H,25,26,27). The molecule has 0 atom stereocenters. The summed E-state index contributed by atoms with van der Waals surface area (Å²) in [7, 11) is 1.83. The van der Waals surface area contributed by atoms with Gasteiger partial charge in [0.15, 0.2) is 5.82 Å². The SMILES string of the molecule is CCN1C(=O)CN(C)c2nc(NC3CC(COc4ccc(C(F)(F)F)cc4)C3)ncc21. The summed E-state index contributed by atoms with van der Waals surface area (Å²) >= 11 is 0. The molecule has 2 heterocycles. The molecule has 1 aromatic carbocycles. The zero-order chi connectivity index (χ0) is 22.2.